The first-order chi connectivity index (χ1) is 5.09. The van der Waals surface area contributed by atoms with E-state index >= 15 is 0 Å². The molecule has 0 aliphatic rings. The molecule has 4 nitrogen and oxygen atoms in total. The molecule has 0 saturated carbocycles. The molecule has 5 heteroatoms. The first kappa shape index (κ1) is 9.71. The average molecular weight is 177 g/mol. The van der Waals surface area contributed by atoms with Crippen molar-refractivity contribution in [1.29, 1.82) is 0 Å². The second kappa shape index (κ2) is 4.51. The number of hydrogen-bond acceptors (Lipinski definition) is 3. The Kier molecular flexibility index (Phi) is 3.98. The van der Waals surface area contributed by atoms with E-state index in [-0.39, 0.29) is 0 Å². The van der Waals surface area contributed by atoms with Crippen LogP contribution in [0, 0.1) is 0 Å². The molecule has 0 heterocycles. The molecule has 0 aromatic carbocycles. The third-order valence-electron chi connectivity index (χ3n) is 0.740. The van der Waals surface area contributed by atoms with Crippen molar-refractivity contribution < 1.29 is 19.8 Å². The highest BCUT2D eigenvalue weighted by atomic mass is 35.5. The van der Waals surface area contributed by atoms with Crippen LogP contribution in [0.15, 0.2) is 23.4 Å². The highest BCUT2D eigenvalue weighted by molar-refractivity contribution is 6.56. The number of carboxylic acid groups (broad SMARTS) is 1. The number of hydrogen-bond donors (Lipinski definition) is 2. The quantitative estimate of drug-likeness (QED) is 0.289. The van der Waals surface area contributed by atoms with Crippen LogP contribution >= 0.6 is 11.6 Å². The number of aliphatic hydroxyl groups excluding tert-OH is 1. The van der Waals surface area contributed by atoms with Crippen LogP contribution < -0.4 is 0 Å². The standard InChI is InChI=1S/C6H5ClO4/c7-4(2-1-3-8)5(9)6(10)11/h1-3,8H,(H,10,11). The largest absolute Gasteiger partial charge is 0.516 e. The number of rotatable bonds is 3. The van der Waals surface area contributed by atoms with Crippen molar-refractivity contribution in [2.24, 2.45) is 0 Å². The minimum Gasteiger partial charge on any atom is -0.516 e. The normalized spacial score (nSPS) is 11.9. The average Bonchev–Trinajstić information content (AvgIpc) is 1.98. The summed E-state index contributed by atoms with van der Waals surface area (Å²) in [6.45, 7) is 0. The van der Waals surface area contributed by atoms with E-state index in [0.717, 1.165) is 12.2 Å². The van der Waals surface area contributed by atoms with Gasteiger partial charge in [0.2, 0.25) is 0 Å². The number of Topliss-reactive ketones (excluding diaryl/α,β-unsaturated/α-hetero) is 1. The lowest BCUT2D eigenvalue weighted by Gasteiger charge is -1.87. The Morgan fingerprint density at radius 1 is 1.36 bits per heavy atom. The summed E-state index contributed by atoms with van der Waals surface area (Å²) in [5, 5.41) is 15.7. The molecule has 0 aromatic rings. The van der Waals surface area contributed by atoms with Gasteiger partial charge in [-0.3, -0.25) is 4.79 Å². The molecule has 0 fully saturated rings. The van der Waals surface area contributed by atoms with Gasteiger partial charge in [-0.2, -0.15) is 0 Å². The zero-order valence-electron chi connectivity index (χ0n) is 5.32. The van der Waals surface area contributed by atoms with Crippen molar-refractivity contribution in [2.45, 2.75) is 0 Å². The summed E-state index contributed by atoms with van der Waals surface area (Å²) in [7, 11) is 0. The fraction of sp³-hybridized carbons (Fsp3) is 0. The van der Waals surface area contributed by atoms with Gasteiger partial charge in [-0.05, 0) is 12.2 Å². The van der Waals surface area contributed by atoms with Crippen molar-refractivity contribution in [2.75, 3.05) is 0 Å². The van der Waals surface area contributed by atoms with Gasteiger partial charge in [0.15, 0.2) is 0 Å². The molecule has 0 spiro atoms. The number of halogens is 1. The molecule has 0 saturated heterocycles. The molecule has 0 aliphatic heterocycles. The van der Waals surface area contributed by atoms with E-state index in [2.05, 4.69) is 0 Å². The smallest absolute Gasteiger partial charge is 0.378 e. The molecular weight excluding hydrogens is 172 g/mol. The number of carbonyl (C=O) groups is 2. The minimum absolute atomic E-state index is 0.456. The molecule has 0 unspecified atom stereocenters. The van der Waals surface area contributed by atoms with Crippen molar-refractivity contribution in [1.82, 2.24) is 0 Å². The van der Waals surface area contributed by atoms with Crippen LogP contribution in [0.1, 0.15) is 0 Å². The Bertz CT molecular complexity index is 229. The Morgan fingerprint density at radius 2 is 1.91 bits per heavy atom. The number of allylic oxidation sites excluding steroid dienone is 2. The van der Waals surface area contributed by atoms with Gasteiger partial charge in [-0.15, -0.1) is 0 Å². The molecule has 0 rings (SSSR count). The van der Waals surface area contributed by atoms with Gasteiger partial charge in [0.1, 0.15) is 0 Å². The van der Waals surface area contributed by atoms with Crippen LogP contribution in [-0.2, 0) is 9.59 Å². The maximum atomic E-state index is 10.4. The van der Waals surface area contributed by atoms with Crippen LogP contribution in [0.4, 0.5) is 0 Å². The van der Waals surface area contributed by atoms with Crippen LogP contribution in [-0.4, -0.2) is 22.0 Å². The molecule has 2 N–H and O–H groups in total. The molecule has 0 amide bonds. The predicted molar refractivity (Wildman–Crippen MR) is 38.3 cm³/mol. The Hall–Kier alpha value is -1.29. The van der Waals surface area contributed by atoms with Crippen LogP contribution in [0.3, 0.4) is 0 Å². The first-order valence-corrected chi connectivity index (χ1v) is 2.91. The monoisotopic (exact) mass is 176 g/mol. The van der Waals surface area contributed by atoms with E-state index in [1.165, 1.54) is 0 Å². The van der Waals surface area contributed by atoms with Gasteiger partial charge in [-0.1, -0.05) is 11.6 Å². The van der Waals surface area contributed by atoms with Gasteiger partial charge in [0, 0.05) is 0 Å². The van der Waals surface area contributed by atoms with Crippen LogP contribution in [0.2, 0.25) is 0 Å². The van der Waals surface area contributed by atoms with Gasteiger partial charge < -0.3 is 10.2 Å². The summed E-state index contributed by atoms with van der Waals surface area (Å²) in [5.74, 6) is -2.83. The second-order valence-electron chi connectivity index (χ2n) is 1.49. The van der Waals surface area contributed by atoms with E-state index in [4.69, 9.17) is 21.8 Å². The van der Waals surface area contributed by atoms with Crippen molar-refractivity contribution in [3.63, 3.8) is 0 Å². The number of ketones is 1. The Labute approximate surface area is 67.4 Å². The SMILES string of the molecule is O=C(O)C(=O)C(Cl)=CC=CO. The molecule has 0 aliphatic carbocycles. The summed E-state index contributed by atoms with van der Waals surface area (Å²) in [4.78, 5) is 20.4. The van der Waals surface area contributed by atoms with Gasteiger partial charge >= 0.3 is 5.97 Å². The summed E-state index contributed by atoms with van der Waals surface area (Å²) in [6, 6.07) is 0. The second-order valence-corrected chi connectivity index (χ2v) is 1.90. The maximum Gasteiger partial charge on any atom is 0.378 e. The van der Waals surface area contributed by atoms with Crippen molar-refractivity contribution >= 4 is 23.4 Å². The van der Waals surface area contributed by atoms with E-state index in [1.54, 1.807) is 0 Å². The van der Waals surface area contributed by atoms with Crippen molar-refractivity contribution in [3.8, 4) is 0 Å². The topological polar surface area (TPSA) is 74.6 Å². The van der Waals surface area contributed by atoms with Crippen LogP contribution in [0.5, 0.6) is 0 Å². The molecule has 0 atom stereocenters. The zero-order chi connectivity index (χ0) is 8.85. The first-order valence-electron chi connectivity index (χ1n) is 2.53. The van der Waals surface area contributed by atoms with E-state index in [0.29, 0.717) is 6.26 Å². The van der Waals surface area contributed by atoms with Crippen molar-refractivity contribution in [3.05, 3.63) is 23.4 Å². The molecule has 0 bridgehead atoms. The molecular formula is C6H5ClO4. The Morgan fingerprint density at radius 3 is 2.27 bits per heavy atom. The number of carboxylic acids is 1. The predicted octanol–water partition coefficient (Wildman–Crippen LogP) is 0.835. The zero-order valence-corrected chi connectivity index (χ0v) is 6.08. The van der Waals surface area contributed by atoms with Crippen LogP contribution in [0.25, 0.3) is 0 Å². The minimum atomic E-state index is -1.63. The summed E-state index contributed by atoms with van der Waals surface area (Å²) in [6.07, 6.45) is 2.67. The summed E-state index contributed by atoms with van der Waals surface area (Å²) >= 11 is 5.17. The third kappa shape index (κ3) is 3.42. The lowest BCUT2D eigenvalue weighted by molar-refractivity contribution is -0.146. The number of aliphatic hydroxyl groups is 1. The van der Waals surface area contributed by atoms with Gasteiger partial charge in [0.25, 0.3) is 5.78 Å². The fourth-order valence-electron chi connectivity index (χ4n) is 0.305. The maximum absolute atomic E-state index is 10.4. The lowest BCUT2D eigenvalue weighted by atomic mass is 10.3. The molecule has 11 heavy (non-hydrogen) atoms. The highest BCUT2D eigenvalue weighted by Crippen LogP contribution is 2.02. The number of carbonyl (C=O) groups excluding carboxylic acids is 1. The highest BCUT2D eigenvalue weighted by Gasteiger charge is 2.14. The Balaban J connectivity index is 4.36. The number of aliphatic carboxylic acids is 1. The lowest BCUT2D eigenvalue weighted by Crippen LogP contribution is -2.11. The summed E-state index contributed by atoms with van der Waals surface area (Å²) in [5.41, 5.74) is 0. The molecule has 0 aromatic heterocycles. The summed E-state index contributed by atoms with van der Waals surface area (Å²) < 4.78 is 0. The molecule has 0 radical (unpaired) electrons. The fourth-order valence-corrected chi connectivity index (χ4v) is 0.459. The van der Waals surface area contributed by atoms with E-state index < -0.39 is 16.8 Å². The van der Waals surface area contributed by atoms with E-state index in [1.807, 2.05) is 0 Å². The molecule has 60 valence electrons. The van der Waals surface area contributed by atoms with Gasteiger partial charge in [-0.25, -0.2) is 4.79 Å². The van der Waals surface area contributed by atoms with E-state index in [9.17, 15) is 9.59 Å². The third-order valence-corrected chi connectivity index (χ3v) is 1.04. The van der Waals surface area contributed by atoms with Gasteiger partial charge in [0.05, 0.1) is 11.3 Å².